The van der Waals surface area contributed by atoms with Crippen LogP contribution in [0.25, 0.3) is 0 Å². The van der Waals surface area contributed by atoms with E-state index in [1.54, 1.807) is 13.0 Å². The van der Waals surface area contributed by atoms with E-state index in [2.05, 4.69) is 18.3 Å². The maximum absolute atomic E-state index is 13.6. The molecule has 1 aliphatic rings. The SMILES string of the molecule is Cc1ccc(C(C)NCc2ccc(C3CC3C)o2)cc1F. The lowest BCUT2D eigenvalue weighted by Crippen LogP contribution is -2.18. The van der Waals surface area contributed by atoms with E-state index in [9.17, 15) is 4.39 Å². The first-order chi connectivity index (χ1) is 10.0. The fourth-order valence-electron chi connectivity index (χ4n) is 2.66. The molecule has 112 valence electrons. The Kier molecular flexibility index (Phi) is 3.85. The van der Waals surface area contributed by atoms with Gasteiger partial charge in [-0.1, -0.05) is 19.1 Å². The number of hydrogen-bond donors (Lipinski definition) is 1. The van der Waals surface area contributed by atoms with Gasteiger partial charge in [0.15, 0.2) is 0 Å². The molecule has 0 saturated heterocycles. The number of aryl methyl sites for hydroxylation is 1. The van der Waals surface area contributed by atoms with Gasteiger partial charge in [-0.25, -0.2) is 4.39 Å². The van der Waals surface area contributed by atoms with E-state index in [1.165, 1.54) is 6.42 Å². The summed E-state index contributed by atoms with van der Waals surface area (Å²) in [5, 5.41) is 3.39. The Morgan fingerprint density at radius 1 is 1.33 bits per heavy atom. The average molecular weight is 287 g/mol. The average Bonchev–Trinajstić information content (AvgIpc) is 3.01. The van der Waals surface area contributed by atoms with Gasteiger partial charge < -0.3 is 9.73 Å². The first-order valence-electron chi connectivity index (χ1n) is 7.62. The van der Waals surface area contributed by atoms with Crippen molar-refractivity contribution in [3.63, 3.8) is 0 Å². The van der Waals surface area contributed by atoms with Crippen LogP contribution in [0.2, 0.25) is 0 Å². The fourth-order valence-corrected chi connectivity index (χ4v) is 2.66. The Labute approximate surface area is 125 Å². The number of hydrogen-bond acceptors (Lipinski definition) is 2. The number of rotatable bonds is 5. The minimum atomic E-state index is -0.149. The third-order valence-electron chi connectivity index (χ3n) is 4.44. The number of halogens is 1. The van der Waals surface area contributed by atoms with E-state index in [-0.39, 0.29) is 11.9 Å². The molecular formula is C18H22FNO. The standard InChI is InChI=1S/C18H22FNO/c1-11-4-5-14(9-17(11)19)13(3)20-10-15-6-7-18(21-15)16-8-12(16)2/h4-7,9,12-13,16,20H,8,10H2,1-3H3. The van der Waals surface area contributed by atoms with Crippen LogP contribution >= 0.6 is 0 Å². The van der Waals surface area contributed by atoms with Gasteiger partial charge in [-0.2, -0.15) is 0 Å². The van der Waals surface area contributed by atoms with Crippen molar-refractivity contribution in [2.45, 2.75) is 45.7 Å². The molecule has 3 rings (SSSR count). The van der Waals surface area contributed by atoms with Crippen LogP contribution in [0.5, 0.6) is 0 Å². The molecule has 1 aromatic heterocycles. The maximum atomic E-state index is 13.6. The van der Waals surface area contributed by atoms with Crippen molar-refractivity contribution in [3.8, 4) is 0 Å². The van der Waals surface area contributed by atoms with Crippen molar-refractivity contribution < 1.29 is 8.81 Å². The first-order valence-corrected chi connectivity index (χ1v) is 7.62. The van der Waals surface area contributed by atoms with Gasteiger partial charge in [0.2, 0.25) is 0 Å². The fraction of sp³-hybridized carbons (Fsp3) is 0.444. The lowest BCUT2D eigenvalue weighted by Gasteiger charge is -2.14. The minimum absolute atomic E-state index is 0.0912. The summed E-state index contributed by atoms with van der Waals surface area (Å²) in [6.07, 6.45) is 1.24. The molecule has 2 aromatic rings. The van der Waals surface area contributed by atoms with Gasteiger partial charge in [0, 0.05) is 12.0 Å². The molecule has 0 spiro atoms. The summed E-state index contributed by atoms with van der Waals surface area (Å²) in [5.74, 6) is 3.27. The summed E-state index contributed by atoms with van der Waals surface area (Å²) < 4.78 is 19.5. The predicted octanol–water partition coefficient (Wildman–Crippen LogP) is 4.70. The molecule has 0 aliphatic heterocycles. The van der Waals surface area contributed by atoms with Gasteiger partial charge in [0.1, 0.15) is 17.3 Å². The second-order valence-electron chi connectivity index (χ2n) is 6.23. The summed E-state index contributed by atoms with van der Waals surface area (Å²) in [6.45, 7) is 6.73. The highest BCUT2D eigenvalue weighted by molar-refractivity contribution is 5.25. The molecule has 1 aliphatic carbocycles. The van der Waals surface area contributed by atoms with Crippen LogP contribution in [-0.4, -0.2) is 0 Å². The minimum Gasteiger partial charge on any atom is -0.464 e. The van der Waals surface area contributed by atoms with E-state index in [0.717, 1.165) is 23.0 Å². The topological polar surface area (TPSA) is 25.2 Å². The molecule has 0 bridgehead atoms. The molecule has 1 fully saturated rings. The number of benzene rings is 1. The highest BCUT2D eigenvalue weighted by Gasteiger charge is 2.36. The van der Waals surface area contributed by atoms with Crippen molar-refractivity contribution in [1.82, 2.24) is 5.32 Å². The largest absolute Gasteiger partial charge is 0.464 e. The molecule has 2 nitrogen and oxygen atoms in total. The molecular weight excluding hydrogens is 265 g/mol. The normalized spacial score (nSPS) is 22.3. The van der Waals surface area contributed by atoms with E-state index in [1.807, 2.05) is 25.1 Å². The van der Waals surface area contributed by atoms with Crippen LogP contribution < -0.4 is 5.32 Å². The second-order valence-corrected chi connectivity index (χ2v) is 6.23. The summed E-state index contributed by atoms with van der Waals surface area (Å²) in [7, 11) is 0. The molecule has 1 aromatic carbocycles. The van der Waals surface area contributed by atoms with Crippen molar-refractivity contribution >= 4 is 0 Å². The molecule has 0 amide bonds. The Balaban J connectivity index is 1.58. The van der Waals surface area contributed by atoms with Crippen LogP contribution in [0.15, 0.2) is 34.7 Å². The Hall–Kier alpha value is -1.61. The highest BCUT2D eigenvalue weighted by Crippen LogP contribution is 2.47. The summed E-state index contributed by atoms with van der Waals surface area (Å²) in [6, 6.07) is 9.61. The van der Waals surface area contributed by atoms with Crippen LogP contribution in [0.1, 0.15) is 54.9 Å². The zero-order valence-electron chi connectivity index (χ0n) is 12.8. The second kappa shape index (κ2) is 5.64. The molecule has 3 heteroatoms. The van der Waals surface area contributed by atoms with Crippen LogP contribution in [0, 0.1) is 18.7 Å². The number of furan rings is 1. The Bertz CT molecular complexity index is 634. The summed E-state index contributed by atoms with van der Waals surface area (Å²) in [5.41, 5.74) is 1.64. The Morgan fingerprint density at radius 2 is 2.10 bits per heavy atom. The number of nitrogens with one attached hydrogen (secondary N) is 1. The predicted molar refractivity (Wildman–Crippen MR) is 81.6 cm³/mol. The third-order valence-corrected chi connectivity index (χ3v) is 4.44. The van der Waals surface area contributed by atoms with E-state index < -0.39 is 0 Å². The van der Waals surface area contributed by atoms with Gasteiger partial charge in [0.05, 0.1) is 6.54 Å². The monoisotopic (exact) mass is 287 g/mol. The molecule has 1 heterocycles. The molecule has 21 heavy (non-hydrogen) atoms. The van der Waals surface area contributed by atoms with Gasteiger partial charge in [-0.05, 0) is 55.5 Å². The maximum Gasteiger partial charge on any atom is 0.126 e. The van der Waals surface area contributed by atoms with E-state index in [0.29, 0.717) is 18.0 Å². The van der Waals surface area contributed by atoms with Gasteiger partial charge in [0.25, 0.3) is 0 Å². The van der Waals surface area contributed by atoms with Crippen molar-refractivity contribution in [2.75, 3.05) is 0 Å². The molecule has 1 N–H and O–H groups in total. The molecule has 3 unspecified atom stereocenters. The lowest BCUT2D eigenvalue weighted by atomic mass is 10.1. The molecule has 1 saturated carbocycles. The van der Waals surface area contributed by atoms with Gasteiger partial charge in [-0.3, -0.25) is 0 Å². The lowest BCUT2D eigenvalue weighted by molar-refractivity contribution is 0.430. The zero-order chi connectivity index (χ0) is 15.0. The highest BCUT2D eigenvalue weighted by atomic mass is 19.1. The van der Waals surface area contributed by atoms with E-state index >= 15 is 0 Å². The molecule has 0 radical (unpaired) electrons. The van der Waals surface area contributed by atoms with E-state index in [4.69, 9.17) is 4.42 Å². The Morgan fingerprint density at radius 3 is 2.76 bits per heavy atom. The van der Waals surface area contributed by atoms with Crippen molar-refractivity contribution in [2.24, 2.45) is 5.92 Å². The van der Waals surface area contributed by atoms with Crippen LogP contribution in [0.3, 0.4) is 0 Å². The van der Waals surface area contributed by atoms with Gasteiger partial charge >= 0.3 is 0 Å². The smallest absolute Gasteiger partial charge is 0.126 e. The van der Waals surface area contributed by atoms with Crippen LogP contribution in [-0.2, 0) is 6.54 Å². The first kappa shape index (κ1) is 14.3. The third kappa shape index (κ3) is 3.18. The van der Waals surface area contributed by atoms with Crippen LogP contribution in [0.4, 0.5) is 4.39 Å². The summed E-state index contributed by atoms with van der Waals surface area (Å²) >= 11 is 0. The quantitative estimate of drug-likeness (QED) is 0.862. The van der Waals surface area contributed by atoms with Crippen molar-refractivity contribution in [1.29, 1.82) is 0 Å². The zero-order valence-corrected chi connectivity index (χ0v) is 12.8. The van der Waals surface area contributed by atoms with Crippen molar-refractivity contribution in [3.05, 3.63) is 58.8 Å². The van der Waals surface area contributed by atoms with Gasteiger partial charge in [-0.15, -0.1) is 0 Å². The summed E-state index contributed by atoms with van der Waals surface area (Å²) in [4.78, 5) is 0. The molecule has 3 atom stereocenters.